The van der Waals surface area contributed by atoms with Gasteiger partial charge in [0.25, 0.3) is 0 Å². The normalized spacial score (nSPS) is 14.1. The number of ether oxygens (including phenoxy) is 2. The van der Waals surface area contributed by atoms with Gasteiger partial charge in [-0.2, -0.15) is 0 Å². The molecule has 4 rings (SSSR count). The van der Waals surface area contributed by atoms with Crippen molar-refractivity contribution in [3.8, 4) is 22.8 Å². The highest BCUT2D eigenvalue weighted by Gasteiger charge is 2.27. The molecule has 1 fully saturated rings. The van der Waals surface area contributed by atoms with Crippen molar-refractivity contribution in [2.45, 2.75) is 38.6 Å². The summed E-state index contributed by atoms with van der Waals surface area (Å²) in [6, 6.07) is 14.1. The molecular weight excluding hydrogens is 508 g/mol. The standard InChI is InChI=1S/C27H33BrN4O3/c1-4-5-15-35-23-8-6-7-20(16-23)25-18-32(19-29-25)27(33)30(2)21-11-13-31(14-12-21)22-9-10-24(28)26(17-22)34-3/h6-10,16-19,21H,4-5,11-15H2,1-3H3. The minimum Gasteiger partial charge on any atom is -0.495 e. The van der Waals surface area contributed by atoms with Gasteiger partial charge in [-0.25, -0.2) is 9.78 Å². The summed E-state index contributed by atoms with van der Waals surface area (Å²) in [5.41, 5.74) is 2.83. The Morgan fingerprint density at radius 3 is 2.74 bits per heavy atom. The number of imidazole rings is 1. The fourth-order valence-corrected chi connectivity index (χ4v) is 4.76. The largest absolute Gasteiger partial charge is 0.495 e. The highest BCUT2D eigenvalue weighted by Crippen LogP contribution is 2.31. The molecule has 2 aromatic carbocycles. The lowest BCUT2D eigenvalue weighted by Gasteiger charge is -2.37. The Kier molecular flexibility index (Phi) is 8.33. The van der Waals surface area contributed by atoms with E-state index in [4.69, 9.17) is 9.47 Å². The number of hydrogen-bond donors (Lipinski definition) is 0. The quantitative estimate of drug-likeness (QED) is 0.324. The van der Waals surface area contributed by atoms with E-state index < -0.39 is 0 Å². The van der Waals surface area contributed by atoms with Crippen molar-refractivity contribution in [2.75, 3.05) is 38.8 Å². The molecule has 0 saturated carbocycles. The number of nitrogens with zero attached hydrogens (tertiary/aromatic N) is 4. The van der Waals surface area contributed by atoms with Crippen LogP contribution in [0, 0.1) is 0 Å². The van der Waals surface area contributed by atoms with Gasteiger partial charge in [0.1, 0.15) is 17.8 Å². The van der Waals surface area contributed by atoms with E-state index in [2.05, 4.69) is 44.9 Å². The average Bonchev–Trinajstić information content (AvgIpc) is 3.39. The van der Waals surface area contributed by atoms with Crippen LogP contribution in [0.3, 0.4) is 0 Å². The van der Waals surface area contributed by atoms with Gasteiger partial charge in [-0.05, 0) is 59.5 Å². The lowest BCUT2D eigenvalue weighted by molar-refractivity contribution is 0.181. The molecule has 3 aromatic rings. The number of carbonyl (C=O) groups is 1. The molecule has 0 bridgehead atoms. The summed E-state index contributed by atoms with van der Waals surface area (Å²) < 4.78 is 13.8. The monoisotopic (exact) mass is 540 g/mol. The number of carbonyl (C=O) groups excluding carboxylic acids is 1. The fraction of sp³-hybridized carbons (Fsp3) is 0.407. The first kappa shape index (κ1) is 25.1. The molecule has 1 aliphatic heterocycles. The zero-order valence-corrected chi connectivity index (χ0v) is 22.2. The number of halogens is 1. The number of unbranched alkanes of at least 4 members (excludes halogenated alkanes) is 1. The smallest absolute Gasteiger partial charge is 0.329 e. The lowest BCUT2D eigenvalue weighted by atomic mass is 10.0. The molecule has 0 atom stereocenters. The Bertz CT molecular complexity index is 1140. The Balaban J connectivity index is 1.36. The Morgan fingerprint density at radius 2 is 2.00 bits per heavy atom. The van der Waals surface area contributed by atoms with Gasteiger partial charge >= 0.3 is 6.03 Å². The first-order valence-corrected chi connectivity index (χ1v) is 12.9. The number of piperidine rings is 1. The molecule has 2 heterocycles. The zero-order valence-electron chi connectivity index (χ0n) is 20.6. The van der Waals surface area contributed by atoms with E-state index in [9.17, 15) is 4.79 Å². The minimum absolute atomic E-state index is 0.0668. The third-order valence-corrected chi connectivity index (χ3v) is 7.17. The molecule has 0 N–H and O–H groups in total. The van der Waals surface area contributed by atoms with E-state index in [1.165, 1.54) is 0 Å². The van der Waals surface area contributed by atoms with Crippen LogP contribution in [0.2, 0.25) is 0 Å². The molecule has 8 heteroatoms. The van der Waals surface area contributed by atoms with Crippen molar-refractivity contribution < 1.29 is 14.3 Å². The van der Waals surface area contributed by atoms with E-state index in [1.54, 1.807) is 24.2 Å². The Labute approximate surface area is 215 Å². The van der Waals surface area contributed by atoms with Crippen LogP contribution in [0.1, 0.15) is 32.6 Å². The second-order valence-electron chi connectivity index (χ2n) is 8.83. The summed E-state index contributed by atoms with van der Waals surface area (Å²) in [5.74, 6) is 1.65. The summed E-state index contributed by atoms with van der Waals surface area (Å²) in [6.07, 6.45) is 7.32. The number of amides is 1. The number of methoxy groups -OCH3 is 1. The predicted molar refractivity (Wildman–Crippen MR) is 143 cm³/mol. The van der Waals surface area contributed by atoms with Gasteiger partial charge in [0.2, 0.25) is 0 Å². The van der Waals surface area contributed by atoms with E-state index in [-0.39, 0.29) is 12.1 Å². The number of aromatic nitrogens is 2. The summed E-state index contributed by atoms with van der Waals surface area (Å²) in [5, 5.41) is 0. The third kappa shape index (κ3) is 5.99. The van der Waals surface area contributed by atoms with E-state index in [1.807, 2.05) is 42.3 Å². The second-order valence-corrected chi connectivity index (χ2v) is 9.68. The maximum atomic E-state index is 13.2. The number of anilines is 1. The molecule has 1 aliphatic rings. The van der Waals surface area contributed by atoms with Crippen LogP contribution < -0.4 is 14.4 Å². The van der Waals surface area contributed by atoms with E-state index in [0.29, 0.717) is 6.61 Å². The molecule has 7 nitrogen and oxygen atoms in total. The van der Waals surface area contributed by atoms with Gasteiger partial charge in [-0.1, -0.05) is 25.5 Å². The molecule has 1 aromatic heterocycles. The maximum absolute atomic E-state index is 13.2. The number of benzene rings is 2. The average molecular weight is 541 g/mol. The SMILES string of the molecule is CCCCOc1cccc(-c2cn(C(=O)N(C)C3CCN(c4ccc(Br)c(OC)c4)CC3)cn2)c1. The molecule has 0 unspecified atom stereocenters. The molecule has 35 heavy (non-hydrogen) atoms. The molecule has 1 amide bonds. The van der Waals surface area contributed by atoms with Crippen LogP contribution in [0.5, 0.6) is 11.5 Å². The van der Waals surface area contributed by atoms with Gasteiger partial charge in [0.15, 0.2) is 0 Å². The highest BCUT2D eigenvalue weighted by atomic mass is 79.9. The van der Waals surface area contributed by atoms with Gasteiger partial charge in [-0.15, -0.1) is 0 Å². The van der Waals surface area contributed by atoms with Crippen LogP contribution in [-0.4, -0.2) is 60.4 Å². The minimum atomic E-state index is -0.0668. The number of rotatable bonds is 8. The van der Waals surface area contributed by atoms with E-state index in [0.717, 1.165) is 71.7 Å². The van der Waals surface area contributed by atoms with Crippen LogP contribution in [0.4, 0.5) is 10.5 Å². The van der Waals surface area contributed by atoms with Crippen molar-refractivity contribution >= 4 is 27.6 Å². The van der Waals surface area contributed by atoms with Gasteiger partial charge in [-0.3, -0.25) is 4.57 Å². The third-order valence-electron chi connectivity index (χ3n) is 6.51. The summed E-state index contributed by atoms with van der Waals surface area (Å²) in [4.78, 5) is 21.9. The Morgan fingerprint density at radius 1 is 1.20 bits per heavy atom. The molecule has 1 saturated heterocycles. The first-order chi connectivity index (χ1) is 17.0. The van der Waals surface area contributed by atoms with Gasteiger partial charge < -0.3 is 19.3 Å². The van der Waals surface area contributed by atoms with Gasteiger partial charge in [0.05, 0.1) is 23.9 Å². The van der Waals surface area contributed by atoms with Crippen LogP contribution in [0.25, 0.3) is 11.3 Å². The predicted octanol–water partition coefficient (Wildman–Crippen LogP) is 6.07. The van der Waals surface area contributed by atoms with Crippen LogP contribution >= 0.6 is 15.9 Å². The maximum Gasteiger partial charge on any atom is 0.329 e. The molecule has 186 valence electrons. The van der Waals surface area contributed by atoms with Crippen molar-refractivity contribution in [3.63, 3.8) is 0 Å². The van der Waals surface area contributed by atoms with Crippen LogP contribution in [0.15, 0.2) is 59.5 Å². The molecule has 0 radical (unpaired) electrons. The van der Waals surface area contributed by atoms with Crippen molar-refractivity contribution in [1.82, 2.24) is 14.5 Å². The molecule has 0 spiro atoms. The summed E-state index contributed by atoms with van der Waals surface area (Å²) >= 11 is 3.51. The van der Waals surface area contributed by atoms with Crippen molar-refractivity contribution in [1.29, 1.82) is 0 Å². The fourth-order valence-electron chi connectivity index (χ4n) is 4.35. The van der Waals surface area contributed by atoms with E-state index >= 15 is 0 Å². The van der Waals surface area contributed by atoms with Crippen molar-refractivity contribution in [3.05, 3.63) is 59.5 Å². The summed E-state index contributed by atoms with van der Waals surface area (Å²) in [7, 11) is 3.56. The van der Waals surface area contributed by atoms with Gasteiger partial charge in [0, 0.05) is 49.7 Å². The van der Waals surface area contributed by atoms with Crippen molar-refractivity contribution in [2.24, 2.45) is 0 Å². The molecular formula is C27H33BrN4O3. The summed E-state index contributed by atoms with van der Waals surface area (Å²) in [6.45, 7) is 4.61. The highest BCUT2D eigenvalue weighted by molar-refractivity contribution is 9.10. The second kappa shape index (κ2) is 11.6. The topological polar surface area (TPSA) is 59.8 Å². The first-order valence-electron chi connectivity index (χ1n) is 12.1. The lowest BCUT2D eigenvalue weighted by Crippen LogP contribution is -2.46. The molecule has 0 aliphatic carbocycles. The number of hydrogen-bond acceptors (Lipinski definition) is 5. The zero-order chi connectivity index (χ0) is 24.8. The van der Waals surface area contributed by atoms with Crippen LogP contribution in [-0.2, 0) is 0 Å². The Hall–Kier alpha value is -3.00.